The number of benzene rings is 2. The molecule has 3 N–H and O–H groups in total. The molecule has 122 valence electrons. The number of nitrogens with two attached hydrogens (primary N) is 1. The minimum atomic E-state index is -0.806. The van der Waals surface area contributed by atoms with Crippen molar-refractivity contribution >= 4 is 6.09 Å². The highest BCUT2D eigenvalue weighted by Crippen LogP contribution is 2.33. The fourth-order valence-corrected chi connectivity index (χ4v) is 2.31. The predicted octanol–water partition coefficient (Wildman–Crippen LogP) is 3.19. The van der Waals surface area contributed by atoms with Gasteiger partial charge >= 0.3 is 6.09 Å². The second-order valence-electron chi connectivity index (χ2n) is 5.71. The summed E-state index contributed by atoms with van der Waals surface area (Å²) in [5.74, 6) is 0.954. The lowest BCUT2D eigenvalue weighted by Crippen LogP contribution is -2.19. The second kappa shape index (κ2) is 7.05. The topological polar surface area (TPSA) is 81.8 Å². The number of ether oxygens (including phenoxy) is 2. The molecule has 2 aromatic carbocycles. The van der Waals surface area contributed by atoms with Crippen LogP contribution in [0.25, 0.3) is 0 Å². The normalized spacial score (nSPS) is 11.0. The number of phenolic OH excluding ortho intramolecular Hbond substituents is 1. The van der Waals surface area contributed by atoms with Gasteiger partial charge in [0.1, 0.15) is 24.7 Å². The SMILES string of the molecule is CC(C)(c1ccc(O)cc1)c1ccc(OCCOC(N)=O)cc1. The number of aromatic hydroxyl groups is 1. The first-order valence-corrected chi connectivity index (χ1v) is 7.34. The van der Waals surface area contributed by atoms with E-state index in [-0.39, 0.29) is 24.4 Å². The van der Waals surface area contributed by atoms with E-state index in [9.17, 15) is 9.90 Å². The van der Waals surface area contributed by atoms with E-state index in [2.05, 4.69) is 18.6 Å². The van der Waals surface area contributed by atoms with E-state index in [0.29, 0.717) is 5.75 Å². The van der Waals surface area contributed by atoms with E-state index >= 15 is 0 Å². The van der Waals surface area contributed by atoms with Crippen LogP contribution in [0, 0.1) is 0 Å². The van der Waals surface area contributed by atoms with Gasteiger partial charge in [0.2, 0.25) is 0 Å². The summed E-state index contributed by atoms with van der Waals surface area (Å²) in [6, 6.07) is 15.0. The molecule has 0 unspecified atom stereocenters. The number of carbonyl (C=O) groups excluding carboxylic acids is 1. The van der Waals surface area contributed by atoms with Crippen molar-refractivity contribution < 1.29 is 19.4 Å². The highest BCUT2D eigenvalue weighted by Gasteiger charge is 2.22. The number of carbonyl (C=O) groups is 1. The Morgan fingerprint density at radius 3 is 2.04 bits per heavy atom. The van der Waals surface area contributed by atoms with Crippen molar-refractivity contribution in [2.45, 2.75) is 19.3 Å². The van der Waals surface area contributed by atoms with Gasteiger partial charge in [0.05, 0.1) is 0 Å². The third-order valence-electron chi connectivity index (χ3n) is 3.76. The van der Waals surface area contributed by atoms with Crippen LogP contribution in [0.2, 0.25) is 0 Å². The molecule has 2 aromatic rings. The van der Waals surface area contributed by atoms with Crippen molar-refractivity contribution in [1.82, 2.24) is 0 Å². The van der Waals surface area contributed by atoms with E-state index in [1.807, 2.05) is 36.4 Å². The molecule has 0 bridgehead atoms. The molecule has 0 radical (unpaired) electrons. The molecular formula is C18H21NO4. The quantitative estimate of drug-likeness (QED) is 0.802. The average Bonchev–Trinajstić information content (AvgIpc) is 2.52. The zero-order valence-corrected chi connectivity index (χ0v) is 13.3. The first-order chi connectivity index (χ1) is 10.9. The molecule has 0 aliphatic rings. The Bertz CT molecular complexity index is 648. The summed E-state index contributed by atoms with van der Waals surface area (Å²) in [6.07, 6.45) is -0.806. The predicted molar refractivity (Wildman–Crippen MR) is 87.7 cm³/mol. The Morgan fingerprint density at radius 1 is 1.00 bits per heavy atom. The summed E-state index contributed by atoms with van der Waals surface area (Å²) < 4.78 is 10.1. The minimum absolute atomic E-state index is 0.121. The van der Waals surface area contributed by atoms with E-state index in [1.165, 1.54) is 0 Å². The smallest absolute Gasteiger partial charge is 0.404 e. The van der Waals surface area contributed by atoms with Gasteiger partial charge < -0.3 is 20.3 Å². The Morgan fingerprint density at radius 2 is 1.52 bits per heavy atom. The lowest BCUT2D eigenvalue weighted by molar-refractivity contribution is 0.134. The summed E-state index contributed by atoms with van der Waals surface area (Å²) in [4.78, 5) is 10.5. The number of amides is 1. The van der Waals surface area contributed by atoms with E-state index < -0.39 is 6.09 Å². The molecule has 2 rings (SSSR count). The average molecular weight is 315 g/mol. The van der Waals surface area contributed by atoms with Gasteiger partial charge in [-0.1, -0.05) is 38.1 Å². The van der Waals surface area contributed by atoms with E-state index in [4.69, 9.17) is 10.5 Å². The van der Waals surface area contributed by atoms with Crippen LogP contribution in [0.5, 0.6) is 11.5 Å². The third kappa shape index (κ3) is 4.39. The van der Waals surface area contributed by atoms with Crippen molar-refractivity contribution in [3.63, 3.8) is 0 Å². The molecule has 5 nitrogen and oxygen atoms in total. The molecule has 0 aliphatic heterocycles. The van der Waals surface area contributed by atoms with E-state index in [0.717, 1.165) is 11.1 Å². The Labute approximate surface area is 135 Å². The number of phenols is 1. The van der Waals surface area contributed by atoms with Crippen molar-refractivity contribution in [1.29, 1.82) is 0 Å². The zero-order valence-electron chi connectivity index (χ0n) is 13.3. The molecule has 0 saturated carbocycles. The van der Waals surface area contributed by atoms with Crippen LogP contribution in [0.3, 0.4) is 0 Å². The van der Waals surface area contributed by atoms with Gasteiger partial charge in [-0.05, 0) is 35.4 Å². The maximum Gasteiger partial charge on any atom is 0.404 e. The standard InChI is InChI=1S/C18H21NO4/c1-18(2,13-3-7-15(20)8-4-13)14-5-9-16(10-6-14)22-11-12-23-17(19)21/h3-10,20H,11-12H2,1-2H3,(H2,19,21). The number of hydrogen-bond donors (Lipinski definition) is 2. The molecule has 0 heterocycles. The Hall–Kier alpha value is -2.69. The Balaban J connectivity index is 2.03. The number of hydrogen-bond acceptors (Lipinski definition) is 4. The minimum Gasteiger partial charge on any atom is -0.508 e. The molecular weight excluding hydrogens is 294 g/mol. The molecule has 1 amide bonds. The van der Waals surface area contributed by atoms with Crippen molar-refractivity contribution in [3.8, 4) is 11.5 Å². The highest BCUT2D eigenvalue weighted by molar-refractivity contribution is 5.64. The van der Waals surface area contributed by atoms with E-state index in [1.54, 1.807) is 12.1 Å². The van der Waals surface area contributed by atoms with Gasteiger partial charge in [0.25, 0.3) is 0 Å². The monoisotopic (exact) mass is 315 g/mol. The lowest BCUT2D eigenvalue weighted by Gasteiger charge is -2.26. The van der Waals surface area contributed by atoms with Crippen LogP contribution >= 0.6 is 0 Å². The number of primary amides is 1. The summed E-state index contributed by atoms with van der Waals surface area (Å²) in [5, 5.41) is 9.41. The largest absolute Gasteiger partial charge is 0.508 e. The van der Waals surface area contributed by atoms with Crippen LogP contribution in [0.4, 0.5) is 4.79 Å². The van der Waals surface area contributed by atoms with Gasteiger partial charge in [-0.2, -0.15) is 0 Å². The molecule has 5 heteroatoms. The molecule has 0 saturated heterocycles. The van der Waals surface area contributed by atoms with Gasteiger partial charge in [-0.25, -0.2) is 4.79 Å². The fourth-order valence-electron chi connectivity index (χ4n) is 2.31. The summed E-state index contributed by atoms with van der Waals surface area (Å²) in [5.41, 5.74) is 6.92. The maximum atomic E-state index is 10.5. The molecule has 0 fully saturated rings. The highest BCUT2D eigenvalue weighted by atomic mass is 16.6. The van der Waals surface area contributed by atoms with Gasteiger partial charge in [-0.3, -0.25) is 0 Å². The molecule has 0 atom stereocenters. The molecule has 0 aliphatic carbocycles. The van der Waals surface area contributed by atoms with Crippen molar-refractivity contribution in [2.24, 2.45) is 5.73 Å². The van der Waals surface area contributed by atoms with Crippen molar-refractivity contribution in [3.05, 3.63) is 59.7 Å². The van der Waals surface area contributed by atoms with Gasteiger partial charge in [-0.15, -0.1) is 0 Å². The Kier molecular flexibility index (Phi) is 5.11. The van der Waals surface area contributed by atoms with Crippen LogP contribution in [-0.2, 0) is 10.2 Å². The maximum absolute atomic E-state index is 10.5. The van der Waals surface area contributed by atoms with Crippen LogP contribution < -0.4 is 10.5 Å². The van der Waals surface area contributed by atoms with Gasteiger partial charge in [0.15, 0.2) is 0 Å². The number of rotatable bonds is 6. The first-order valence-electron chi connectivity index (χ1n) is 7.34. The summed E-state index contributed by atoms with van der Waals surface area (Å²) in [6.45, 7) is 4.62. The second-order valence-corrected chi connectivity index (χ2v) is 5.71. The van der Waals surface area contributed by atoms with Crippen molar-refractivity contribution in [2.75, 3.05) is 13.2 Å². The summed E-state index contributed by atoms with van der Waals surface area (Å²) in [7, 11) is 0. The third-order valence-corrected chi connectivity index (χ3v) is 3.76. The summed E-state index contributed by atoms with van der Waals surface area (Å²) >= 11 is 0. The van der Waals surface area contributed by atoms with Crippen LogP contribution in [-0.4, -0.2) is 24.4 Å². The van der Waals surface area contributed by atoms with Gasteiger partial charge in [0, 0.05) is 5.41 Å². The fraction of sp³-hybridized carbons (Fsp3) is 0.278. The molecule has 23 heavy (non-hydrogen) atoms. The lowest BCUT2D eigenvalue weighted by atomic mass is 9.78. The van der Waals surface area contributed by atoms with Crippen LogP contribution in [0.1, 0.15) is 25.0 Å². The molecule has 0 spiro atoms. The zero-order chi connectivity index (χ0) is 16.9. The molecule has 0 aromatic heterocycles. The first kappa shape index (κ1) is 16.7. The van der Waals surface area contributed by atoms with Crippen LogP contribution in [0.15, 0.2) is 48.5 Å².